The van der Waals surface area contributed by atoms with E-state index in [4.69, 9.17) is 9.47 Å². The molecule has 3 heterocycles. The van der Waals surface area contributed by atoms with Crippen LogP contribution in [0.25, 0.3) is 0 Å². The van der Waals surface area contributed by atoms with Crippen molar-refractivity contribution < 1.29 is 23.9 Å². The third kappa shape index (κ3) is 2.26. The molecule has 8 nitrogen and oxygen atoms in total. The van der Waals surface area contributed by atoms with Gasteiger partial charge in [0, 0.05) is 31.3 Å². The fourth-order valence-electron chi connectivity index (χ4n) is 3.24. The third-order valence-corrected chi connectivity index (χ3v) is 4.50. The van der Waals surface area contributed by atoms with Crippen LogP contribution in [0.15, 0.2) is 18.2 Å². The van der Waals surface area contributed by atoms with Gasteiger partial charge in [-0.2, -0.15) is 0 Å². The summed E-state index contributed by atoms with van der Waals surface area (Å²) in [5.74, 6) is 0.680. The van der Waals surface area contributed by atoms with E-state index in [1.807, 2.05) is 0 Å². The van der Waals surface area contributed by atoms with Crippen LogP contribution in [-0.4, -0.2) is 42.6 Å². The average molecular weight is 317 g/mol. The smallest absolute Gasteiger partial charge is 0.321 e. The highest BCUT2D eigenvalue weighted by Crippen LogP contribution is 2.38. The number of anilines is 1. The van der Waals surface area contributed by atoms with Gasteiger partial charge in [-0.3, -0.25) is 14.9 Å². The van der Waals surface area contributed by atoms with Crippen molar-refractivity contribution in [2.45, 2.75) is 12.8 Å². The summed E-state index contributed by atoms with van der Waals surface area (Å²) in [4.78, 5) is 37.3. The van der Waals surface area contributed by atoms with Crippen LogP contribution in [0.2, 0.25) is 0 Å². The molecule has 0 aromatic heterocycles. The van der Waals surface area contributed by atoms with Crippen LogP contribution in [0.5, 0.6) is 11.5 Å². The predicted octanol–water partition coefficient (Wildman–Crippen LogP) is 0.686. The van der Waals surface area contributed by atoms with Gasteiger partial charge >= 0.3 is 6.03 Å². The topological polar surface area (TPSA) is 97.0 Å². The molecule has 1 aromatic carbocycles. The Kier molecular flexibility index (Phi) is 2.93. The fraction of sp³-hybridized carbons (Fsp3) is 0.400. The number of fused-ring (bicyclic) bond motifs is 1. The minimum Gasteiger partial charge on any atom is -0.454 e. The van der Waals surface area contributed by atoms with Gasteiger partial charge in [0.05, 0.1) is 5.41 Å². The van der Waals surface area contributed by atoms with E-state index in [0.717, 1.165) is 0 Å². The number of rotatable bonds is 1. The normalized spacial score (nSPS) is 25.1. The van der Waals surface area contributed by atoms with Gasteiger partial charge in [0.1, 0.15) is 0 Å². The number of amides is 4. The number of nitrogens with zero attached hydrogens (tertiary/aromatic N) is 1. The van der Waals surface area contributed by atoms with Crippen LogP contribution in [0, 0.1) is 5.41 Å². The van der Waals surface area contributed by atoms with E-state index in [-0.39, 0.29) is 37.6 Å². The summed E-state index contributed by atoms with van der Waals surface area (Å²) < 4.78 is 10.5. The summed E-state index contributed by atoms with van der Waals surface area (Å²) in [5, 5.41) is 5.10. The van der Waals surface area contributed by atoms with Crippen LogP contribution in [-0.2, 0) is 9.59 Å². The first-order chi connectivity index (χ1) is 11.1. The zero-order valence-electron chi connectivity index (χ0n) is 12.3. The number of nitrogens with one attached hydrogen (secondary N) is 2. The second kappa shape index (κ2) is 4.87. The predicted molar refractivity (Wildman–Crippen MR) is 78.0 cm³/mol. The highest BCUT2D eigenvalue weighted by molar-refractivity contribution is 6.06. The Bertz CT molecular complexity index is 719. The van der Waals surface area contributed by atoms with Crippen LogP contribution >= 0.6 is 0 Å². The fourth-order valence-corrected chi connectivity index (χ4v) is 3.24. The molecule has 2 N–H and O–H groups in total. The van der Waals surface area contributed by atoms with Crippen molar-refractivity contribution in [3.05, 3.63) is 18.2 Å². The molecule has 0 bridgehead atoms. The van der Waals surface area contributed by atoms with Crippen LogP contribution in [0.3, 0.4) is 0 Å². The van der Waals surface area contributed by atoms with Crippen molar-refractivity contribution in [3.63, 3.8) is 0 Å². The van der Waals surface area contributed by atoms with Crippen molar-refractivity contribution in [1.29, 1.82) is 0 Å². The molecule has 0 aliphatic carbocycles. The van der Waals surface area contributed by atoms with Gasteiger partial charge in [-0.15, -0.1) is 0 Å². The van der Waals surface area contributed by atoms with E-state index < -0.39 is 5.41 Å². The lowest BCUT2D eigenvalue weighted by Gasteiger charge is -2.20. The molecule has 0 saturated carbocycles. The summed E-state index contributed by atoms with van der Waals surface area (Å²) in [6, 6.07) is 4.85. The Morgan fingerprint density at radius 2 is 2.09 bits per heavy atom. The monoisotopic (exact) mass is 317 g/mol. The van der Waals surface area contributed by atoms with E-state index in [0.29, 0.717) is 30.2 Å². The molecule has 4 rings (SSSR count). The standard InChI is InChI=1S/C15H15N3O5/c19-12-6-15(13(20)17-12)3-4-18(7-15)14(21)16-9-1-2-10-11(5-9)23-8-22-10/h1-2,5H,3-4,6-8H2,(H,16,21)(H,17,19,20). The molecule has 1 aromatic rings. The maximum atomic E-state index is 12.4. The van der Waals surface area contributed by atoms with Crippen LogP contribution < -0.4 is 20.1 Å². The highest BCUT2D eigenvalue weighted by atomic mass is 16.7. The first-order valence-electron chi connectivity index (χ1n) is 7.36. The highest BCUT2D eigenvalue weighted by Gasteiger charge is 2.51. The van der Waals surface area contributed by atoms with Crippen LogP contribution in [0.1, 0.15) is 12.8 Å². The number of ether oxygens (including phenoxy) is 2. The molecule has 2 saturated heterocycles. The van der Waals surface area contributed by atoms with Gasteiger partial charge in [0.15, 0.2) is 11.5 Å². The zero-order valence-corrected chi connectivity index (χ0v) is 12.3. The van der Waals surface area contributed by atoms with E-state index in [1.165, 1.54) is 0 Å². The number of carbonyl (C=O) groups excluding carboxylic acids is 3. The largest absolute Gasteiger partial charge is 0.454 e. The lowest BCUT2D eigenvalue weighted by molar-refractivity contribution is -0.128. The van der Waals surface area contributed by atoms with Gasteiger partial charge in [-0.1, -0.05) is 0 Å². The molecular weight excluding hydrogens is 302 g/mol. The maximum absolute atomic E-state index is 12.4. The minimum atomic E-state index is -0.761. The van der Waals surface area contributed by atoms with E-state index in [2.05, 4.69) is 10.6 Å². The molecule has 0 radical (unpaired) electrons. The minimum absolute atomic E-state index is 0.152. The number of likely N-dealkylation sites (tertiary alicyclic amines) is 1. The summed E-state index contributed by atoms with van der Waals surface area (Å²) in [6.45, 7) is 0.864. The summed E-state index contributed by atoms with van der Waals surface area (Å²) in [5.41, 5.74) is -0.171. The molecule has 8 heteroatoms. The number of carbonyl (C=O) groups is 3. The van der Waals surface area contributed by atoms with Gasteiger partial charge in [0.2, 0.25) is 18.6 Å². The van der Waals surface area contributed by atoms with E-state index >= 15 is 0 Å². The number of urea groups is 1. The Labute approximate surface area is 131 Å². The van der Waals surface area contributed by atoms with Crippen LogP contribution in [0.4, 0.5) is 10.5 Å². The number of hydrogen-bond donors (Lipinski definition) is 2. The second-order valence-electron chi connectivity index (χ2n) is 6.00. The molecule has 1 atom stereocenters. The number of hydrogen-bond acceptors (Lipinski definition) is 5. The lowest BCUT2D eigenvalue weighted by atomic mass is 9.85. The number of imide groups is 1. The van der Waals surface area contributed by atoms with Crippen molar-refractivity contribution in [1.82, 2.24) is 10.2 Å². The molecule has 3 aliphatic rings. The van der Waals surface area contributed by atoms with Crippen molar-refractivity contribution in [2.24, 2.45) is 5.41 Å². The summed E-state index contributed by atoms with van der Waals surface area (Å²) in [7, 11) is 0. The Morgan fingerprint density at radius 1 is 1.26 bits per heavy atom. The van der Waals surface area contributed by atoms with Crippen molar-refractivity contribution in [2.75, 3.05) is 25.2 Å². The molecule has 120 valence electrons. The quantitative estimate of drug-likeness (QED) is 0.743. The Morgan fingerprint density at radius 3 is 2.87 bits per heavy atom. The lowest BCUT2D eigenvalue weighted by Crippen LogP contribution is -2.38. The first kappa shape index (κ1) is 13.9. The third-order valence-electron chi connectivity index (χ3n) is 4.50. The Hall–Kier alpha value is -2.77. The van der Waals surface area contributed by atoms with Gasteiger partial charge in [0.25, 0.3) is 0 Å². The van der Waals surface area contributed by atoms with Gasteiger partial charge < -0.3 is 19.7 Å². The number of benzene rings is 1. The Balaban J connectivity index is 1.44. The SMILES string of the molecule is O=C1CC2(CCN(C(=O)Nc3ccc4c(c3)OCO4)C2)C(=O)N1. The molecule has 1 spiro atoms. The zero-order chi connectivity index (χ0) is 16.0. The molecule has 23 heavy (non-hydrogen) atoms. The van der Waals surface area contributed by atoms with Crippen molar-refractivity contribution in [3.8, 4) is 11.5 Å². The molecule has 4 amide bonds. The molecule has 1 unspecified atom stereocenters. The molecule has 3 aliphatic heterocycles. The van der Waals surface area contributed by atoms with Crippen molar-refractivity contribution >= 4 is 23.5 Å². The summed E-state index contributed by atoms with van der Waals surface area (Å²) >= 11 is 0. The van der Waals surface area contributed by atoms with Gasteiger partial charge in [-0.05, 0) is 18.6 Å². The second-order valence-corrected chi connectivity index (χ2v) is 6.00. The molecule has 2 fully saturated rings. The summed E-state index contributed by atoms with van der Waals surface area (Å²) in [6.07, 6.45) is 0.652. The van der Waals surface area contributed by atoms with E-state index in [9.17, 15) is 14.4 Å². The maximum Gasteiger partial charge on any atom is 0.321 e. The molecular formula is C15H15N3O5. The first-order valence-corrected chi connectivity index (χ1v) is 7.36. The van der Waals surface area contributed by atoms with Gasteiger partial charge in [-0.25, -0.2) is 4.79 Å². The average Bonchev–Trinajstić information content (AvgIpc) is 3.19. The van der Waals surface area contributed by atoms with E-state index in [1.54, 1.807) is 23.1 Å².